The van der Waals surface area contributed by atoms with Crippen molar-refractivity contribution < 1.29 is 19.4 Å². The number of β-amino-alcohol motifs (C(OH)–C–C–N with tert-alkyl or cyclic N) is 1. The molecule has 0 unspecified atom stereocenters. The van der Waals surface area contributed by atoms with Gasteiger partial charge in [0.25, 0.3) is 5.91 Å². The van der Waals surface area contributed by atoms with Crippen LogP contribution in [0.3, 0.4) is 0 Å². The lowest BCUT2D eigenvalue weighted by Gasteiger charge is -2.13. The molecule has 0 bridgehead atoms. The number of nitrogens with zero attached hydrogens (tertiary/aromatic N) is 1. The molecule has 0 aromatic heterocycles. The lowest BCUT2D eigenvalue weighted by Crippen LogP contribution is -2.35. The van der Waals surface area contributed by atoms with Gasteiger partial charge in [-0.1, -0.05) is 0 Å². The number of hydrogen-bond acceptors (Lipinski definition) is 4. The maximum Gasteiger partial charge on any atom is 0.259 e. The van der Waals surface area contributed by atoms with Gasteiger partial charge < -0.3 is 9.84 Å². The van der Waals surface area contributed by atoms with Crippen molar-refractivity contribution >= 4 is 11.8 Å². The van der Waals surface area contributed by atoms with Crippen LogP contribution in [-0.4, -0.2) is 47.7 Å². The fourth-order valence-corrected chi connectivity index (χ4v) is 1.87. The van der Waals surface area contributed by atoms with Crippen LogP contribution < -0.4 is 0 Å². The van der Waals surface area contributed by atoms with Crippen molar-refractivity contribution in [1.82, 2.24) is 4.90 Å². The number of hydrogen-bond donors (Lipinski definition) is 1. The van der Waals surface area contributed by atoms with E-state index in [-0.39, 0.29) is 30.9 Å². The van der Waals surface area contributed by atoms with Gasteiger partial charge in [0.1, 0.15) is 6.10 Å². The van der Waals surface area contributed by atoms with Crippen molar-refractivity contribution in [2.24, 2.45) is 5.92 Å². The Balaban J connectivity index is 2.16. The molecule has 1 N–H and O–H groups in total. The number of imide groups is 1. The molecule has 5 heteroatoms. The number of likely N-dealkylation sites (tertiary alicyclic amines) is 1. The number of fused-ring (bicyclic) bond motifs is 1. The van der Waals surface area contributed by atoms with Crippen LogP contribution in [0.1, 0.15) is 6.42 Å². The highest BCUT2D eigenvalue weighted by Gasteiger charge is 2.50. The van der Waals surface area contributed by atoms with E-state index in [1.54, 1.807) is 0 Å². The molecule has 2 atom stereocenters. The Morgan fingerprint density at radius 2 is 2.23 bits per heavy atom. The molecule has 2 aliphatic rings. The molecular weight excluding hydrogens is 174 g/mol. The monoisotopic (exact) mass is 185 g/mol. The fourth-order valence-electron chi connectivity index (χ4n) is 1.87. The molecule has 2 heterocycles. The Morgan fingerprint density at radius 3 is 2.85 bits per heavy atom. The van der Waals surface area contributed by atoms with Gasteiger partial charge in [0.2, 0.25) is 5.91 Å². The highest BCUT2D eigenvalue weighted by molar-refractivity contribution is 6.06. The molecule has 2 saturated heterocycles. The fraction of sp³-hybridized carbons (Fsp3) is 0.750. The summed E-state index contributed by atoms with van der Waals surface area (Å²) >= 11 is 0. The predicted molar refractivity (Wildman–Crippen MR) is 41.7 cm³/mol. The summed E-state index contributed by atoms with van der Waals surface area (Å²) in [6, 6.07) is 0. The minimum Gasteiger partial charge on any atom is -0.395 e. The topological polar surface area (TPSA) is 66.8 Å². The minimum absolute atomic E-state index is 0.0913. The molecule has 72 valence electrons. The van der Waals surface area contributed by atoms with Gasteiger partial charge in [0.15, 0.2) is 0 Å². The summed E-state index contributed by atoms with van der Waals surface area (Å²) in [4.78, 5) is 24.0. The van der Waals surface area contributed by atoms with Crippen molar-refractivity contribution in [1.29, 1.82) is 0 Å². The highest BCUT2D eigenvalue weighted by Crippen LogP contribution is 2.30. The van der Waals surface area contributed by atoms with Crippen LogP contribution in [0.4, 0.5) is 0 Å². The maximum absolute atomic E-state index is 11.5. The van der Waals surface area contributed by atoms with Crippen LogP contribution in [0.15, 0.2) is 0 Å². The van der Waals surface area contributed by atoms with E-state index in [1.165, 1.54) is 0 Å². The second-order valence-electron chi connectivity index (χ2n) is 3.24. The van der Waals surface area contributed by atoms with Gasteiger partial charge in [-0.3, -0.25) is 14.5 Å². The molecule has 2 fully saturated rings. The van der Waals surface area contributed by atoms with Crippen LogP contribution in [-0.2, 0) is 14.3 Å². The predicted octanol–water partition coefficient (Wildman–Crippen LogP) is -1.25. The number of carbonyl (C=O) groups is 2. The number of carbonyl (C=O) groups excluding carboxylic acids is 2. The number of aliphatic hydroxyl groups excluding tert-OH is 1. The van der Waals surface area contributed by atoms with Crippen molar-refractivity contribution in [2.45, 2.75) is 12.5 Å². The number of rotatable bonds is 2. The molecule has 2 aliphatic heterocycles. The minimum atomic E-state index is -0.570. The molecule has 0 aromatic carbocycles. The molecule has 0 aromatic rings. The zero-order valence-corrected chi connectivity index (χ0v) is 7.10. The van der Waals surface area contributed by atoms with Gasteiger partial charge in [-0.05, 0) is 6.42 Å². The number of aliphatic hydroxyl groups is 1. The first kappa shape index (κ1) is 8.65. The van der Waals surface area contributed by atoms with Gasteiger partial charge >= 0.3 is 0 Å². The van der Waals surface area contributed by atoms with E-state index in [1.807, 2.05) is 0 Å². The highest BCUT2D eigenvalue weighted by atomic mass is 16.5. The van der Waals surface area contributed by atoms with Gasteiger partial charge in [-0.25, -0.2) is 0 Å². The van der Waals surface area contributed by atoms with E-state index in [0.717, 1.165) is 4.90 Å². The van der Waals surface area contributed by atoms with Crippen molar-refractivity contribution in [3.8, 4) is 0 Å². The van der Waals surface area contributed by atoms with Gasteiger partial charge in [-0.2, -0.15) is 0 Å². The summed E-state index contributed by atoms with van der Waals surface area (Å²) in [6.45, 7) is 0.394. The van der Waals surface area contributed by atoms with E-state index < -0.39 is 6.10 Å². The van der Waals surface area contributed by atoms with Crippen molar-refractivity contribution in [2.75, 3.05) is 19.8 Å². The Labute approximate surface area is 75.3 Å². The first-order chi connectivity index (χ1) is 6.25. The van der Waals surface area contributed by atoms with Gasteiger partial charge in [0.05, 0.1) is 19.1 Å². The second-order valence-corrected chi connectivity index (χ2v) is 3.24. The average Bonchev–Trinajstić information content (AvgIpc) is 2.66. The summed E-state index contributed by atoms with van der Waals surface area (Å²) in [6.07, 6.45) is 0.0519. The van der Waals surface area contributed by atoms with Crippen molar-refractivity contribution in [3.63, 3.8) is 0 Å². The first-order valence-corrected chi connectivity index (χ1v) is 4.33. The summed E-state index contributed by atoms with van der Waals surface area (Å²) < 4.78 is 5.14. The third kappa shape index (κ3) is 1.15. The molecule has 2 amide bonds. The molecule has 0 spiro atoms. The zero-order valence-electron chi connectivity index (χ0n) is 7.10. The zero-order chi connectivity index (χ0) is 9.42. The van der Waals surface area contributed by atoms with Crippen LogP contribution in [0, 0.1) is 5.92 Å². The van der Waals surface area contributed by atoms with Crippen LogP contribution >= 0.6 is 0 Å². The SMILES string of the molecule is O=C1[C@H]2CCO[C@H]2C(=O)N1CCO. The van der Waals surface area contributed by atoms with E-state index in [4.69, 9.17) is 9.84 Å². The van der Waals surface area contributed by atoms with E-state index >= 15 is 0 Å². The number of ether oxygens (including phenoxy) is 1. The van der Waals surface area contributed by atoms with Crippen LogP contribution in [0.5, 0.6) is 0 Å². The second kappa shape index (κ2) is 3.08. The standard InChI is InChI=1S/C8H11NO4/c10-3-2-9-7(11)5-1-4-13-6(5)8(9)12/h5-6,10H,1-4H2/t5-,6+/m0/s1. The molecule has 0 radical (unpaired) electrons. The molecule has 0 aliphatic carbocycles. The normalized spacial score (nSPS) is 32.8. The van der Waals surface area contributed by atoms with Crippen molar-refractivity contribution in [3.05, 3.63) is 0 Å². The Bertz CT molecular complexity index is 231. The Hall–Kier alpha value is -0.940. The summed E-state index contributed by atoms with van der Waals surface area (Å²) in [7, 11) is 0. The largest absolute Gasteiger partial charge is 0.395 e. The van der Waals surface area contributed by atoms with Gasteiger partial charge in [-0.15, -0.1) is 0 Å². The lowest BCUT2D eigenvalue weighted by molar-refractivity contribution is -0.143. The smallest absolute Gasteiger partial charge is 0.259 e. The molecule has 2 rings (SSSR count). The van der Waals surface area contributed by atoms with E-state index in [0.29, 0.717) is 13.0 Å². The molecular formula is C8H11NO4. The van der Waals surface area contributed by atoms with Crippen LogP contribution in [0.2, 0.25) is 0 Å². The van der Waals surface area contributed by atoms with Gasteiger partial charge in [0, 0.05) is 6.61 Å². The molecule has 0 saturated carbocycles. The third-order valence-corrected chi connectivity index (χ3v) is 2.51. The quantitative estimate of drug-likeness (QED) is 0.546. The van der Waals surface area contributed by atoms with Crippen LogP contribution in [0.25, 0.3) is 0 Å². The Kier molecular flexibility index (Phi) is 2.05. The third-order valence-electron chi connectivity index (χ3n) is 2.51. The lowest BCUT2D eigenvalue weighted by atomic mass is 10.1. The molecule has 13 heavy (non-hydrogen) atoms. The average molecular weight is 185 g/mol. The first-order valence-electron chi connectivity index (χ1n) is 4.33. The Morgan fingerprint density at radius 1 is 1.46 bits per heavy atom. The summed E-state index contributed by atoms with van der Waals surface area (Å²) in [5.41, 5.74) is 0. The summed E-state index contributed by atoms with van der Waals surface area (Å²) in [5, 5.41) is 8.64. The van der Waals surface area contributed by atoms with E-state index in [2.05, 4.69) is 0 Å². The van der Waals surface area contributed by atoms with E-state index in [9.17, 15) is 9.59 Å². The maximum atomic E-state index is 11.5. The summed E-state index contributed by atoms with van der Waals surface area (Å²) in [5.74, 6) is -0.776. The molecule has 5 nitrogen and oxygen atoms in total. The number of amides is 2.